The van der Waals surface area contributed by atoms with Crippen molar-refractivity contribution in [1.29, 1.82) is 0 Å². The summed E-state index contributed by atoms with van der Waals surface area (Å²) in [5, 5.41) is 21.7. The van der Waals surface area contributed by atoms with Crippen LogP contribution in [0.1, 0.15) is 11.3 Å². The van der Waals surface area contributed by atoms with Crippen molar-refractivity contribution >= 4 is 28.7 Å². The molecule has 0 unspecified atom stereocenters. The Labute approximate surface area is 142 Å². The van der Waals surface area contributed by atoms with Gasteiger partial charge in [0.05, 0.1) is 18.1 Å². The van der Waals surface area contributed by atoms with Crippen LogP contribution in [0.2, 0.25) is 0 Å². The van der Waals surface area contributed by atoms with Crippen LogP contribution in [0.4, 0.5) is 5.69 Å². The fourth-order valence-electron chi connectivity index (χ4n) is 2.49. The van der Waals surface area contributed by atoms with Gasteiger partial charge in [-0.3, -0.25) is 14.9 Å². The van der Waals surface area contributed by atoms with Gasteiger partial charge in [0.15, 0.2) is 5.43 Å². The van der Waals surface area contributed by atoms with E-state index >= 15 is 0 Å². The number of fused-ring (bicyclic) bond motifs is 1. The van der Waals surface area contributed by atoms with Gasteiger partial charge < -0.3 is 14.8 Å². The van der Waals surface area contributed by atoms with Gasteiger partial charge in [-0.05, 0) is 30.4 Å². The third-order valence-electron chi connectivity index (χ3n) is 3.73. The third kappa shape index (κ3) is 3.20. The molecule has 0 spiro atoms. The number of aromatic nitrogens is 1. The second-order valence-corrected chi connectivity index (χ2v) is 5.31. The van der Waals surface area contributed by atoms with E-state index in [4.69, 9.17) is 4.74 Å². The molecule has 0 saturated carbocycles. The van der Waals surface area contributed by atoms with E-state index in [0.29, 0.717) is 16.6 Å². The second-order valence-electron chi connectivity index (χ2n) is 5.31. The van der Waals surface area contributed by atoms with Gasteiger partial charge in [-0.1, -0.05) is 12.1 Å². The van der Waals surface area contributed by atoms with Gasteiger partial charge in [0.2, 0.25) is 5.75 Å². The summed E-state index contributed by atoms with van der Waals surface area (Å²) in [6.07, 6.45) is 3.04. The molecule has 0 amide bonds. The highest BCUT2D eigenvalue weighted by molar-refractivity contribution is 5.81. The fourth-order valence-corrected chi connectivity index (χ4v) is 2.49. The van der Waals surface area contributed by atoms with Crippen molar-refractivity contribution in [3.05, 3.63) is 74.1 Å². The predicted molar refractivity (Wildman–Crippen MR) is 94.8 cm³/mol. The maximum atomic E-state index is 12.1. The zero-order chi connectivity index (χ0) is 18.0. The van der Waals surface area contributed by atoms with Gasteiger partial charge in [-0.15, -0.1) is 0 Å². The number of H-pyrrole nitrogens is 1. The van der Waals surface area contributed by atoms with Gasteiger partial charge >= 0.3 is 5.69 Å². The molecule has 0 atom stereocenters. The van der Waals surface area contributed by atoms with Gasteiger partial charge in [0.25, 0.3) is 0 Å². The number of phenolic OH excluding ortho intramolecular Hbond substituents is 1. The van der Waals surface area contributed by atoms with Crippen LogP contribution in [0.15, 0.2) is 47.3 Å². The number of nitrogens with one attached hydrogen (secondary N) is 1. The van der Waals surface area contributed by atoms with Crippen molar-refractivity contribution in [1.82, 2.24) is 4.98 Å². The molecule has 7 heteroatoms. The Balaban J connectivity index is 2.06. The topological polar surface area (TPSA) is 105 Å². The van der Waals surface area contributed by atoms with Crippen molar-refractivity contribution in [2.75, 3.05) is 7.11 Å². The van der Waals surface area contributed by atoms with Gasteiger partial charge in [0, 0.05) is 28.2 Å². The molecular formula is C18H14N2O5. The van der Waals surface area contributed by atoms with Gasteiger partial charge in [-0.2, -0.15) is 0 Å². The monoisotopic (exact) mass is 338 g/mol. The van der Waals surface area contributed by atoms with E-state index in [1.165, 1.54) is 25.3 Å². The van der Waals surface area contributed by atoms with Crippen molar-refractivity contribution in [2.24, 2.45) is 0 Å². The van der Waals surface area contributed by atoms with E-state index in [1.54, 1.807) is 24.3 Å². The summed E-state index contributed by atoms with van der Waals surface area (Å²) in [5.74, 6) is -0.221. The summed E-state index contributed by atoms with van der Waals surface area (Å²) >= 11 is 0. The van der Waals surface area contributed by atoms with E-state index in [1.807, 2.05) is 6.07 Å². The zero-order valence-electron chi connectivity index (χ0n) is 13.2. The number of nitrogens with zero attached hydrogens (tertiary/aromatic N) is 1. The van der Waals surface area contributed by atoms with E-state index < -0.39 is 16.4 Å². The minimum absolute atomic E-state index is 0.144. The number of nitro benzene ring substituents is 1. The normalized spacial score (nSPS) is 11.1. The average molecular weight is 338 g/mol. The van der Waals surface area contributed by atoms with Crippen LogP contribution in [-0.2, 0) is 0 Å². The lowest BCUT2D eigenvalue weighted by atomic mass is 10.1. The van der Waals surface area contributed by atoms with Crippen LogP contribution >= 0.6 is 0 Å². The summed E-state index contributed by atoms with van der Waals surface area (Å²) in [6, 6.07) is 11.1. The summed E-state index contributed by atoms with van der Waals surface area (Å²) < 4.78 is 5.02. The Morgan fingerprint density at radius 3 is 2.68 bits per heavy atom. The van der Waals surface area contributed by atoms with Crippen LogP contribution in [0.5, 0.6) is 11.5 Å². The van der Waals surface area contributed by atoms with Gasteiger partial charge in [0.1, 0.15) is 5.75 Å². The molecule has 3 aromatic rings. The number of hydrogen-bond acceptors (Lipinski definition) is 5. The van der Waals surface area contributed by atoms with Crippen LogP contribution in [0.3, 0.4) is 0 Å². The number of para-hydroxylation sites is 1. The molecule has 0 aliphatic heterocycles. The first-order chi connectivity index (χ1) is 12.0. The van der Waals surface area contributed by atoms with Gasteiger partial charge in [-0.25, -0.2) is 0 Å². The standard InChI is InChI=1S/C18H14N2O5/c1-25-13-8-11(18(22)16(10-13)20(23)24)6-7-12-9-17(21)14-4-2-3-5-15(14)19-12/h2-10,22H,1H3,(H,19,21). The lowest BCUT2D eigenvalue weighted by Crippen LogP contribution is -2.02. The molecule has 0 aliphatic carbocycles. The van der Waals surface area contributed by atoms with Crippen LogP contribution in [-0.4, -0.2) is 22.1 Å². The number of methoxy groups -OCH3 is 1. The Kier molecular flexibility index (Phi) is 4.21. The fraction of sp³-hybridized carbons (Fsp3) is 0.0556. The van der Waals surface area contributed by atoms with Crippen molar-refractivity contribution in [3.63, 3.8) is 0 Å². The first-order valence-corrected chi connectivity index (χ1v) is 7.35. The number of nitro groups is 1. The molecule has 7 nitrogen and oxygen atoms in total. The van der Waals surface area contributed by atoms with Crippen LogP contribution in [0, 0.1) is 10.1 Å². The molecule has 0 aliphatic rings. The average Bonchev–Trinajstić information content (AvgIpc) is 2.60. The molecule has 0 fully saturated rings. The Hall–Kier alpha value is -3.61. The van der Waals surface area contributed by atoms with E-state index in [2.05, 4.69) is 4.98 Å². The highest BCUT2D eigenvalue weighted by Crippen LogP contribution is 2.35. The summed E-state index contributed by atoms with van der Waals surface area (Å²) in [4.78, 5) is 25.5. The second kappa shape index (κ2) is 6.48. The molecule has 0 radical (unpaired) electrons. The predicted octanol–water partition coefficient (Wildman–Crippen LogP) is 3.32. The third-order valence-corrected chi connectivity index (χ3v) is 3.73. The lowest BCUT2D eigenvalue weighted by Gasteiger charge is -2.05. The highest BCUT2D eigenvalue weighted by Gasteiger charge is 2.18. The van der Waals surface area contributed by atoms with Crippen LogP contribution in [0.25, 0.3) is 23.1 Å². The highest BCUT2D eigenvalue weighted by atomic mass is 16.6. The molecule has 1 aromatic heterocycles. The first kappa shape index (κ1) is 16.3. The summed E-state index contributed by atoms with van der Waals surface area (Å²) in [6.45, 7) is 0. The minimum atomic E-state index is -0.687. The largest absolute Gasteiger partial charge is 0.502 e. The van der Waals surface area contributed by atoms with E-state index in [0.717, 1.165) is 6.07 Å². The smallest absolute Gasteiger partial charge is 0.315 e. The number of hydrogen-bond donors (Lipinski definition) is 2. The summed E-state index contributed by atoms with van der Waals surface area (Å²) in [7, 11) is 1.38. The number of rotatable bonds is 4. The Morgan fingerprint density at radius 2 is 1.96 bits per heavy atom. The minimum Gasteiger partial charge on any atom is -0.502 e. The number of aromatic hydroxyl groups is 1. The van der Waals surface area contributed by atoms with Crippen molar-refractivity contribution in [3.8, 4) is 11.5 Å². The first-order valence-electron chi connectivity index (χ1n) is 7.35. The molecule has 2 N–H and O–H groups in total. The molecule has 126 valence electrons. The number of pyridine rings is 1. The van der Waals surface area contributed by atoms with Crippen LogP contribution < -0.4 is 10.2 Å². The Bertz CT molecular complexity index is 1050. The van der Waals surface area contributed by atoms with E-state index in [-0.39, 0.29) is 16.7 Å². The molecule has 0 saturated heterocycles. The SMILES string of the molecule is COc1cc(C=Cc2cc(=O)c3ccccc3[nH]2)c(O)c([N+](=O)[O-])c1. The molecular weight excluding hydrogens is 324 g/mol. The molecule has 25 heavy (non-hydrogen) atoms. The molecule has 1 heterocycles. The quantitative estimate of drug-likeness (QED) is 0.561. The number of ether oxygens (including phenoxy) is 1. The maximum absolute atomic E-state index is 12.1. The zero-order valence-corrected chi connectivity index (χ0v) is 13.2. The lowest BCUT2D eigenvalue weighted by molar-refractivity contribution is -0.385. The Morgan fingerprint density at radius 1 is 1.20 bits per heavy atom. The number of aromatic amines is 1. The van der Waals surface area contributed by atoms with E-state index in [9.17, 15) is 20.0 Å². The molecule has 0 bridgehead atoms. The van der Waals surface area contributed by atoms with Crippen molar-refractivity contribution < 1.29 is 14.8 Å². The summed E-state index contributed by atoms with van der Waals surface area (Å²) in [5.41, 5.74) is 0.796. The number of benzene rings is 2. The molecule has 2 aromatic carbocycles. The van der Waals surface area contributed by atoms with Crippen molar-refractivity contribution in [2.45, 2.75) is 0 Å². The number of phenols is 1. The maximum Gasteiger partial charge on any atom is 0.315 e. The molecule has 3 rings (SSSR count).